The van der Waals surface area contributed by atoms with E-state index in [0.717, 1.165) is 5.69 Å². The number of hydrogen-bond donors (Lipinski definition) is 2. The molecule has 12 heteroatoms. The first-order chi connectivity index (χ1) is 20.3. The number of likely N-dealkylation sites (tertiary alicyclic amines) is 1. The van der Waals surface area contributed by atoms with Gasteiger partial charge in [-0.15, -0.1) is 0 Å². The van der Waals surface area contributed by atoms with Gasteiger partial charge in [-0.1, -0.05) is 46.9 Å². The van der Waals surface area contributed by atoms with Gasteiger partial charge in [-0.3, -0.25) is 9.58 Å². The first-order valence-electron chi connectivity index (χ1n) is 14.7. The second-order valence-electron chi connectivity index (χ2n) is 13.8. The van der Waals surface area contributed by atoms with E-state index in [0.29, 0.717) is 37.3 Å². The summed E-state index contributed by atoms with van der Waals surface area (Å²) < 4.78 is 38.4. The monoisotopic (exact) mass is 671 g/mol. The summed E-state index contributed by atoms with van der Waals surface area (Å²) in [5, 5.41) is 19.0. The molecule has 2 aromatic heterocycles. The SMILES string of the molecule is Cc1cc(Nc2nc(C[C@@]3(C(O)OC(C)(C)C)CCN(Cc4cccc(Cl)c4F)[C@H](C)C3)c(F)c(Cl)c2Cl)nn1C(C)(C)C. The molecule has 1 unspecified atom stereocenters. The molecule has 2 N–H and O–H groups in total. The first-order valence-corrected chi connectivity index (χ1v) is 15.8. The van der Waals surface area contributed by atoms with Crippen LogP contribution in [-0.2, 0) is 23.2 Å². The highest BCUT2D eigenvalue weighted by atomic mass is 35.5. The van der Waals surface area contributed by atoms with Crippen LogP contribution in [0.2, 0.25) is 15.1 Å². The van der Waals surface area contributed by atoms with Crippen molar-refractivity contribution in [2.24, 2.45) is 5.41 Å². The Morgan fingerprint density at radius 2 is 1.80 bits per heavy atom. The summed E-state index contributed by atoms with van der Waals surface area (Å²) in [5.41, 5.74) is -0.400. The third kappa shape index (κ3) is 7.68. The van der Waals surface area contributed by atoms with Crippen LogP contribution in [0.3, 0.4) is 0 Å². The third-order valence-corrected chi connectivity index (χ3v) is 9.11. The van der Waals surface area contributed by atoms with Gasteiger partial charge >= 0.3 is 0 Å². The van der Waals surface area contributed by atoms with Crippen molar-refractivity contribution in [1.29, 1.82) is 0 Å². The quantitative estimate of drug-likeness (QED) is 0.233. The molecule has 7 nitrogen and oxygen atoms in total. The fraction of sp³-hybridized carbons (Fsp3) is 0.562. The van der Waals surface area contributed by atoms with E-state index in [1.807, 2.05) is 66.1 Å². The number of pyridine rings is 1. The number of benzene rings is 1. The highest BCUT2D eigenvalue weighted by Gasteiger charge is 2.47. The van der Waals surface area contributed by atoms with Crippen LogP contribution < -0.4 is 5.32 Å². The van der Waals surface area contributed by atoms with E-state index in [-0.39, 0.29) is 44.6 Å². The van der Waals surface area contributed by atoms with Gasteiger partial charge < -0.3 is 15.2 Å². The van der Waals surface area contributed by atoms with Crippen molar-refractivity contribution in [2.45, 2.75) is 105 Å². The second kappa shape index (κ2) is 13.0. The molecule has 1 aliphatic heterocycles. The zero-order valence-electron chi connectivity index (χ0n) is 26.5. The number of aryl methyl sites for hydroxylation is 1. The molecule has 3 atom stereocenters. The predicted octanol–water partition coefficient (Wildman–Crippen LogP) is 8.67. The van der Waals surface area contributed by atoms with Gasteiger partial charge in [0.25, 0.3) is 0 Å². The number of aliphatic hydroxyl groups excluding tert-OH is 1. The van der Waals surface area contributed by atoms with Crippen LogP contribution in [0, 0.1) is 24.0 Å². The number of rotatable bonds is 8. The van der Waals surface area contributed by atoms with Crippen molar-refractivity contribution in [1.82, 2.24) is 19.7 Å². The normalized spacial score (nSPS) is 20.6. The minimum Gasteiger partial charge on any atom is -0.367 e. The number of ether oxygens (including phenoxy) is 1. The predicted molar refractivity (Wildman–Crippen MR) is 173 cm³/mol. The maximum atomic E-state index is 15.8. The van der Waals surface area contributed by atoms with Crippen molar-refractivity contribution < 1.29 is 18.6 Å². The largest absolute Gasteiger partial charge is 0.367 e. The molecular formula is C32H42Cl3F2N5O2. The molecule has 3 heterocycles. The number of halogens is 5. The van der Waals surface area contributed by atoms with Gasteiger partial charge in [-0.2, -0.15) is 5.10 Å². The number of piperidine rings is 1. The molecule has 0 amide bonds. The molecule has 4 rings (SSSR count). The Morgan fingerprint density at radius 1 is 1.11 bits per heavy atom. The van der Waals surface area contributed by atoms with Gasteiger partial charge in [0.05, 0.1) is 21.9 Å². The molecular weight excluding hydrogens is 631 g/mol. The maximum absolute atomic E-state index is 15.8. The molecule has 1 aliphatic rings. The second-order valence-corrected chi connectivity index (χ2v) is 15.0. The van der Waals surface area contributed by atoms with Crippen LogP contribution in [0.25, 0.3) is 0 Å². The van der Waals surface area contributed by atoms with Crippen molar-refractivity contribution in [3.8, 4) is 0 Å². The number of hydrogen-bond acceptors (Lipinski definition) is 6. The lowest BCUT2D eigenvalue weighted by Crippen LogP contribution is -2.53. The average molecular weight is 673 g/mol. The fourth-order valence-corrected chi connectivity index (χ4v) is 6.46. The van der Waals surface area contributed by atoms with Crippen molar-refractivity contribution in [3.05, 3.63) is 67.9 Å². The molecule has 0 bridgehead atoms. The summed E-state index contributed by atoms with van der Waals surface area (Å²) in [7, 11) is 0. The van der Waals surface area contributed by atoms with Crippen LogP contribution in [0.4, 0.5) is 20.4 Å². The lowest BCUT2D eigenvalue weighted by Gasteiger charge is -2.48. The Hall–Kier alpha value is -2.01. The third-order valence-electron chi connectivity index (χ3n) is 8.00. The van der Waals surface area contributed by atoms with Gasteiger partial charge in [0.15, 0.2) is 23.7 Å². The van der Waals surface area contributed by atoms with Crippen LogP contribution in [0.1, 0.15) is 78.3 Å². The fourth-order valence-electron chi connectivity index (χ4n) is 5.89. The van der Waals surface area contributed by atoms with Crippen molar-refractivity contribution >= 4 is 46.4 Å². The molecule has 242 valence electrons. The molecule has 0 aliphatic carbocycles. The highest BCUT2D eigenvalue weighted by Crippen LogP contribution is 2.45. The molecule has 3 aromatic rings. The Bertz CT molecular complexity index is 1500. The summed E-state index contributed by atoms with van der Waals surface area (Å²) >= 11 is 18.9. The van der Waals surface area contributed by atoms with Crippen molar-refractivity contribution in [3.63, 3.8) is 0 Å². The summed E-state index contributed by atoms with van der Waals surface area (Å²) in [4.78, 5) is 6.71. The Kier molecular flexibility index (Phi) is 10.3. The standard InChI is InChI=1S/C32H42Cl3F2N5O2/c1-18-14-23(40-42(18)30(3,4)5)39-28-25(35)24(34)27(37)22(38-28)16-32(29(43)44-31(6,7)8)12-13-41(19(2)15-32)17-20-10-9-11-21(33)26(20)36/h9-11,14,19,29,43H,12-13,15-17H2,1-8H3,(H,38,39,40)/t19-,29?,32-/m1/s1. The van der Waals surface area contributed by atoms with Gasteiger partial charge in [0, 0.05) is 41.7 Å². The van der Waals surface area contributed by atoms with Crippen LogP contribution >= 0.6 is 34.8 Å². The van der Waals surface area contributed by atoms with E-state index in [4.69, 9.17) is 39.5 Å². The summed E-state index contributed by atoms with van der Waals surface area (Å²) in [6.07, 6.45) is -0.366. The van der Waals surface area contributed by atoms with E-state index in [1.54, 1.807) is 12.1 Å². The Balaban J connectivity index is 1.67. The number of aromatic nitrogens is 3. The van der Waals surface area contributed by atoms with E-state index < -0.39 is 28.9 Å². The highest BCUT2D eigenvalue weighted by molar-refractivity contribution is 6.43. The molecule has 1 saturated heterocycles. The first kappa shape index (κ1) is 34.9. The average Bonchev–Trinajstić information content (AvgIpc) is 3.29. The summed E-state index contributed by atoms with van der Waals surface area (Å²) in [6, 6.07) is 6.68. The van der Waals surface area contributed by atoms with Crippen molar-refractivity contribution in [2.75, 3.05) is 11.9 Å². The van der Waals surface area contributed by atoms with Gasteiger partial charge in [-0.05, 0) is 80.8 Å². The van der Waals surface area contributed by atoms with Crippen LogP contribution in [0.15, 0.2) is 24.3 Å². The van der Waals surface area contributed by atoms with Crippen LogP contribution in [0.5, 0.6) is 0 Å². The van der Waals surface area contributed by atoms with Gasteiger partial charge in [-0.25, -0.2) is 13.8 Å². The van der Waals surface area contributed by atoms with Gasteiger partial charge in [0.2, 0.25) is 0 Å². The van der Waals surface area contributed by atoms with E-state index in [9.17, 15) is 9.50 Å². The Morgan fingerprint density at radius 3 is 2.39 bits per heavy atom. The number of nitrogens with zero attached hydrogens (tertiary/aromatic N) is 4. The topological polar surface area (TPSA) is 75.4 Å². The molecule has 1 aromatic carbocycles. The Labute approximate surface area is 273 Å². The molecule has 0 spiro atoms. The molecule has 1 fully saturated rings. The lowest BCUT2D eigenvalue weighted by atomic mass is 9.71. The van der Waals surface area contributed by atoms with Gasteiger partial charge in [0.1, 0.15) is 15.9 Å². The lowest BCUT2D eigenvalue weighted by molar-refractivity contribution is -0.237. The zero-order chi connectivity index (χ0) is 32.8. The van der Waals surface area contributed by atoms with E-state index in [1.165, 1.54) is 6.07 Å². The number of aliphatic hydroxyl groups is 1. The molecule has 0 saturated carbocycles. The maximum Gasteiger partial charge on any atom is 0.164 e. The number of nitrogens with one attached hydrogen (secondary N) is 1. The minimum absolute atomic E-state index is 0.0286. The van der Waals surface area contributed by atoms with E-state index in [2.05, 4.69) is 20.3 Å². The minimum atomic E-state index is -1.24. The summed E-state index contributed by atoms with van der Waals surface area (Å²) in [6.45, 7) is 16.4. The summed E-state index contributed by atoms with van der Waals surface area (Å²) in [5.74, 6) is -0.549. The smallest absolute Gasteiger partial charge is 0.164 e. The zero-order valence-corrected chi connectivity index (χ0v) is 28.8. The van der Waals surface area contributed by atoms with E-state index >= 15 is 4.39 Å². The molecule has 44 heavy (non-hydrogen) atoms. The number of anilines is 2. The van der Waals surface area contributed by atoms with Crippen LogP contribution in [-0.4, -0.2) is 49.2 Å². The molecule has 0 radical (unpaired) electrons.